The van der Waals surface area contributed by atoms with Crippen LogP contribution in [0.2, 0.25) is 0 Å². The second kappa shape index (κ2) is 8.53. The van der Waals surface area contributed by atoms with E-state index in [0.717, 1.165) is 27.9 Å². The van der Waals surface area contributed by atoms with Crippen molar-refractivity contribution in [1.82, 2.24) is 9.80 Å². The fourth-order valence-electron chi connectivity index (χ4n) is 3.60. The van der Waals surface area contributed by atoms with Crippen LogP contribution in [0.15, 0.2) is 46.3 Å². The van der Waals surface area contributed by atoms with Crippen molar-refractivity contribution in [2.75, 3.05) is 26.2 Å². The van der Waals surface area contributed by atoms with Gasteiger partial charge < -0.3 is 19.3 Å². The Hall–Kier alpha value is -2.06. The van der Waals surface area contributed by atoms with Crippen molar-refractivity contribution in [1.29, 1.82) is 0 Å². The largest absolute Gasteiger partial charge is 0.490 e. The second-order valence-electron chi connectivity index (χ2n) is 6.90. The number of para-hydroxylation sites is 1. The first-order valence-corrected chi connectivity index (χ1v) is 11.0. The van der Waals surface area contributed by atoms with Gasteiger partial charge in [0, 0.05) is 23.6 Å². The van der Waals surface area contributed by atoms with Gasteiger partial charge in [0.15, 0.2) is 6.10 Å². The number of rotatable bonds is 5. The van der Waals surface area contributed by atoms with Crippen molar-refractivity contribution in [2.45, 2.75) is 25.0 Å². The molecule has 2 amide bonds. The first-order chi connectivity index (χ1) is 13.6. The summed E-state index contributed by atoms with van der Waals surface area (Å²) >= 11 is 4.87. The SMILES string of the molecule is O=C(c1sccc1Br)N1CCC(N2CC(COc3ccccc3)OC2=O)CC1. The van der Waals surface area contributed by atoms with E-state index in [1.54, 1.807) is 4.90 Å². The topological polar surface area (TPSA) is 59.1 Å². The fourth-order valence-corrected chi connectivity index (χ4v) is 5.11. The normalized spacial score (nSPS) is 20.3. The molecule has 2 aromatic rings. The van der Waals surface area contributed by atoms with E-state index in [4.69, 9.17) is 9.47 Å². The van der Waals surface area contributed by atoms with E-state index < -0.39 is 0 Å². The Morgan fingerprint density at radius 2 is 1.96 bits per heavy atom. The molecule has 0 bridgehead atoms. The Morgan fingerprint density at radius 1 is 1.21 bits per heavy atom. The molecule has 1 aromatic heterocycles. The van der Waals surface area contributed by atoms with Crippen LogP contribution in [-0.4, -0.2) is 60.2 Å². The molecule has 2 fully saturated rings. The summed E-state index contributed by atoms with van der Waals surface area (Å²) in [5.74, 6) is 0.821. The quantitative estimate of drug-likeness (QED) is 0.670. The molecular weight excluding hydrogens is 444 g/mol. The van der Waals surface area contributed by atoms with E-state index in [2.05, 4.69) is 15.9 Å². The number of ether oxygens (including phenoxy) is 2. The van der Waals surface area contributed by atoms with Crippen LogP contribution in [0.1, 0.15) is 22.5 Å². The highest BCUT2D eigenvalue weighted by Gasteiger charge is 2.38. The van der Waals surface area contributed by atoms with Gasteiger partial charge in [0.25, 0.3) is 5.91 Å². The lowest BCUT2D eigenvalue weighted by Crippen LogP contribution is -2.47. The van der Waals surface area contributed by atoms with Crippen molar-refractivity contribution in [3.8, 4) is 5.75 Å². The minimum Gasteiger partial charge on any atom is -0.490 e. The molecule has 0 saturated carbocycles. The number of piperidine rings is 1. The van der Waals surface area contributed by atoms with Crippen LogP contribution >= 0.6 is 27.3 Å². The van der Waals surface area contributed by atoms with E-state index in [1.807, 2.05) is 46.7 Å². The minimum absolute atomic E-state index is 0.0541. The number of cyclic esters (lactones) is 1. The molecule has 4 rings (SSSR count). The zero-order valence-corrected chi connectivity index (χ0v) is 17.7. The molecule has 0 N–H and O–H groups in total. The van der Waals surface area contributed by atoms with Gasteiger partial charge in [-0.15, -0.1) is 11.3 Å². The summed E-state index contributed by atoms with van der Waals surface area (Å²) in [5, 5.41) is 1.90. The summed E-state index contributed by atoms with van der Waals surface area (Å²) in [6, 6.07) is 11.5. The third-order valence-electron chi connectivity index (χ3n) is 5.09. The number of hydrogen-bond donors (Lipinski definition) is 0. The molecule has 6 nitrogen and oxygen atoms in total. The molecular formula is C20H21BrN2O4S. The Morgan fingerprint density at radius 3 is 2.64 bits per heavy atom. The minimum atomic E-state index is -0.285. The average Bonchev–Trinajstić information content (AvgIpc) is 3.32. The molecule has 2 aliphatic rings. The summed E-state index contributed by atoms with van der Waals surface area (Å²) in [6.45, 7) is 2.16. The van der Waals surface area contributed by atoms with Gasteiger partial charge in [-0.3, -0.25) is 4.79 Å². The third-order valence-corrected chi connectivity index (χ3v) is 6.91. The van der Waals surface area contributed by atoms with Crippen molar-refractivity contribution in [2.24, 2.45) is 0 Å². The zero-order chi connectivity index (χ0) is 19.5. The monoisotopic (exact) mass is 464 g/mol. The molecule has 0 spiro atoms. The summed E-state index contributed by atoms with van der Waals surface area (Å²) in [7, 11) is 0. The highest BCUT2D eigenvalue weighted by Crippen LogP contribution is 2.27. The summed E-state index contributed by atoms with van der Waals surface area (Å²) in [5.41, 5.74) is 0. The molecule has 0 aliphatic carbocycles. The molecule has 0 radical (unpaired) electrons. The molecule has 148 valence electrons. The van der Waals surface area contributed by atoms with Gasteiger partial charge >= 0.3 is 6.09 Å². The first-order valence-electron chi connectivity index (χ1n) is 9.29. The number of carbonyl (C=O) groups excluding carboxylic acids is 2. The first kappa shape index (κ1) is 19.3. The van der Waals surface area contributed by atoms with Crippen LogP contribution in [0.25, 0.3) is 0 Å². The Kier molecular flexibility index (Phi) is 5.87. The predicted octanol–water partition coefficient (Wildman–Crippen LogP) is 4.02. The Balaban J connectivity index is 1.28. The van der Waals surface area contributed by atoms with Gasteiger partial charge in [-0.05, 0) is 52.4 Å². The van der Waals surface area contributed by atoms with Gasteiger partial charge in [-0.2, -0.15) is 0 Å². The maximum Gasteiger partial charge on any atom is 0.410 e. The standard InChI is InChI=1S/C20H21BrN2O4S/c21-17-8-11-28-18(17)19(24)22-9-6-14(7-10-22)23-12-16(27-20(23)25)13-26-15-4-2-1-3-5-15/h1-5,8,11,14,16H,6-7,9-10,12-13H2. The number of thiophene rings is 1. The van der Waals surface area contributed by atoms with Crippen molar-refractivity contribution in [3.63, 3.8) is 0 Å². The second-order valence-corrected chi connectivity index (χ2v) is 8.67. The number of halogens is 1. The molecule has 8 heteroatoms. The lowest BCUT2D eigenvalue weighted by molar-refractivity contribution is 0.0662. The van der Waals surface area contributed by atoms with Crippen molar-refractivity contribution >= 4 is 39.3 Å². The number of carbonyl (C=O) groups is 2. The number of nitrogens with zero attached hydrogens (tertiary/aromatic N) is 2. The lowest BCUT2D eigenvalue weighted by atomic mass is 10.0. The van der Waals surface area contributed by atoms with Gasteiger partial charge in [0.1, 0.15) is 17.2 Å². The maximum atomic E-state index is 12.6. The van der Waals surface area contributed by atoms with Gasteiger partial charge in [0.05, 0.1) is 6.54 Å². The number of amides is 2. The number of hydrogen-bond acceptors (Lipinski definition) is 5. The lowest BCUT2D eigenvalue weighted by Gasteiger charge is -2.35. The van der Waals surface area contributed by atoms with Crippen molar-refractivity contribution < 1.29 is 19.1 Å². The van der Waals surface area contributed by atoms with Gasteiger partial charge in [0.2, 0.25) is 0 Å². The molecule has 3 heterocycles. The Bertz CT molecular complexity index is 836. The van der Waals surface area contributed by atoms with Crippen LogP contribution in [0.5, 0.6) is 5.75 Å². The average molecular weight is 465 g/mol. The van der Waals surface area contributed by atoms with E-state index >= 15 is 0 Å². The molecule has 1 unspecified atom stereocenters. The van der Waals surface area contributed by atoms with Crippen LogP contribution in [0.3, 0.4) is 0 Å². The fraction of sp³-hybridized carbons (Fsp3) is 0.400. The predicted molar refractivity (Wildman–Crippen MR) is 110 cm³/mol. The molecule has 28 heavy (non-hydrogen) atoms. The molecule has 1 aromatic carbocycles. The maximum absolute atomic E-state index is 12.6. The van der Waals surface area contributed by atoms with E-state index in [-0.39, 0.29) is 24.1 Å². The van der Waals surface area contributed by atoms with E-state index in [1.165, 1.54) is 11.3 Å². The van der Waals surface area contributed by atoms with Crippen molar-refractivity contribution in [3.05, 3.63) is 51.1 Å². The molecule has 1 atom stereocenters. The van der Waals surface area contributed by atoms with Crippen LogP contribution in [0.4, 0.5) is 4.79 Å². The smallest absolute Gasteiger partial charge is 0.410 e. The zero-order valence-electron chi connectivity index (χ0n) is 15.3. The Labute approximate surface area is 176 Å². The third kappa shape index (κ3) is 4.17. The summed E-state index contributed by atoms with van der Waals surface area (Å²) < 4.78 is 12.0. The number of likely N-dealkylation sites (tertiary alicyclic amines) is 1. The van der Waals surface area contributed by atoms with Gasteiger partial charge in [-0.1, -0.05) is 18.2 Å². The van der Waals surface area contributed by atoms with Crippen LogP contribution in [0, 0.1) is 0 Å². The number of benzene rings is 1. The highest BCUT2D eigenvalue weighted by molar-refractivity contribution is 9.10. The van der Waals surface area contributed by atoms with E-state index in [9.17, 15) is 9.59 Å². The van der Waals surface area contributed by atoms with Gasteiger partial charge in [-0.25, -0.2) is 4.79 Å². The molecule has 2 aliphatic heterocycles. The summed E-state index contributed by atoms with van der Waals surface area (Å²) in [6.07, 6.45) is 0.966. The molecule has 2 saturated heterocycles. The van der Waals surface area contributed by atoms with E-state index in [0.29, 0.717) is 26.2 Å². The highest BCUT2D eigenvalue weighted by atomic mass is 79.9. The summed E-state index contributed by atoms with van der Waals surface area (Å²) in [4.78, 5) is 29.3. The van der Waals surface area contributed by atoms with Crippen LogP contribution in [-0.2, 0) is 4.74 Å². The van der Waals surface area contributed by atoms with Crippen LogP contribution < -0.4 is 4.74 Å².